The number of anilines is 1. The first kappa shape index (κ1) is 21.5. The van der Waals surface area contributed by atoms with Crippen LogP contribution in [-0.2, 0) is 19.4 Å². The molecule has 32 heavy (non-hydrogen) atoms. The topological polar surface area (TPSA) is 55.8 Å². The lowest BCUT2D eigenvalue weighted by Crippen LogP contribution is -2.46. The summed E-state index contributed by atoms with van der Waals surface area (Å²) in [6.07, 6.45) is 7.79. The second-order valence-corrected chi connectivity index (χ2v) is 9.76. The van der Waals surface area contributed by atoms with E-state index in [-0.39, 0.29) is 5.91 Å². The van der Waals surface area contributed by atoms with Gasteiger partial charge in [-0.2, -0.15) is 0 Å². The molecule has 2 aromatic rings. The fourth-order valence-electron chi connectivity index (χ4n) is 5.60. The molecule has 170 valence electrons. The van der Waals surface area contributed by atoms with Crippen molar-refractivity contribution >= 4 is 11.6 Å². The number of carbonyl (C=O) groups excluding carboxylic acids is 1. The lowest BCUT2D eigenvalue weighted by atomic mass is 9.94. The summed E-state index contributed by atoms with van der Waals surface area (Å²) < 4.78 is 0. The van der Waals surface area contributed by atoms with Gasteiger partial charge in [-0.05, 0) is 60.6 Å². The van der Waals surface area contributed by atoms with Crippen LogP contribution >= 0.6 is 0 Å². The number of fused-ring (bicyclic) bond motifs is 2. The molecule has 2 N–H and O–H groups in total. The fourth-order valence-corrected chi connectivity index (χ4v) is 5.60. The van der Waals surface area contributed by atoms with Crippen LogP contribution in [0.1, 0.15) is 59.2 Å². The zero-order valence-electron chi connectivity index (χ0n) is 18.9. The number of carbonyl (C=O) groups is 1. The number of rotatable bonds is 6. The molecule has 3 aliphatic rings. The molecule has 0 saturated heterocycles. The largest absolute Gasteiger partial charge is 0.390 e. The maximum Gasteiger partial charge on any atom is 0.254 e. The number of aliphatic hydroxyl groups excluding tert-OH is 1. The molecule has 1 unspecified atom stereocenters. The quantitative estimate of drug-likeness (QED) is 0.727. The van der Waals surface area contributed by atoms with Crippen molar-refractivity contribution in [3.8, 4) is 0 Å². The van der Waals surface area contributed by atoms with Gasteiger partial charge in [0, 0.05) is 50.0 Å². The third kappa shape index (κ3) is 4.84. The minimum atomic E-state index is -0.530. The Morgan fingerprint density at radius 1 is 0.938 bits per heavy atom. The van der Waals surface area contributed by atoms with E-state index in [9.17, 15) is 9.90 Å². The van der Waals surface area contributed by atoms with Crippen molar-refractivity contribution in [2.75, 3.05) is 31.5 Å². The Morgan fingerprint density at radius 2 is 1.72 bits per heavy atom. The number of aliphatic hydroxyl groups is 1. The van der Waals surface area contributed by atoms with Crippen LogP contribution in [-0.4, -0.2) is 59.1 Å². The summed E-state index contributed by atoms with van der Waals surface area (Å²) in [5.41, 5.74) is 5.84. The fraction of sp³-hybridized carbons (Fsp3) is 0.519. The smallest absolute Gasteiger partial charge is 0.254 e. The van der Waals surface area contributed by atoms with Gasteiger partial charge in [0.25, 0.3) is 5.91 Å². The molecule has 2 aliphatic heterocycles. The summed E-state index contributed by atoms with van der Waals surface area (Å²) in [6.45, 7) is 3.52. The van der Waals surface area contributed by atoms with E-state index in [2.05, 4.69) is 46.6 Å². The highest BCUT2D eigenvalue weighted by atomic mass is 16.3. The van der Waals surface area contributed by atoms with Crippen LogP contribution in [0.25, 0.3) is 0 Å². The summed E-state index contributed by atoms with van der Waals surface area (Å²) in [6, 6.07) is 15.3. The number of amides is 1. The van der Waals surface area contributed by atoms with Gasteiger partial charge in [-0.25, -0.2) is 0 Å². The number of nitrogens with one attached hydrogen (secondary N) is 1. The summed E-state index contributed by atoms with van der Waals surface area (Å²) >= 11 is 0. The first-order chi connectivity index (χ1) is 15.7. The molecule has 1 saturated carbocycles. The Bertz CT molecular complexity index is 954. The minimum Gasteiger partial charge on any atom is -0.390 e. The van der Waals surface area contributed by atoms with E-state index in [0.717, 1.165) is 42.7 Å². The number of nitrogens with zero attached hydrogens (tertiary/aromatic N) is 2. The average molecular weight is 434 g/mol. The van der Waals surface area contributed by atoms with Crippen molar-refractivity contribution in [3.63, 3.8) is 0 Å². The molecule has 0 aromatic heterocycles. The third-order valence-electron chi connectivity index (χ3n) is 7.36. The Hall–Kier alpha value is -2.37. The number of benzene rings is 2. The van der Waals surface area contributed by atoms with Gasteiger partial charge in [0.1, 0.15) is 0 Å². The molecule has 0 spiro atoms. The lowest BCUT2D eigenvalue weighted by Gasteiger charge is -2.34. The highest BCUT2D eigenvalue weighted by molar-refractivity contribution is 5.97. The molecule has 0 radical (unpaired) electrons. The van der Waals surface area contributed by atoms with Crippen LogP contribution in [0.3, 0.4) is 0 Å². The predicted octanol–water partition coefficient (Wildman–Crippen LogP) is 3.85. The van der Waals surface area contributed by atoms with Gasteiger partial charge >= 0.3 is 0 Å². The highest BCUT2D eigenvalue weighted by Gasteiger charge is 2.27. The van der Waals surface area contributed by atoms with E-state index < -0.39 is 6.10 Å². The second-order valence-electron chi connectivity index (χ2n) is 9.76. The van der Waals surface area contributed by atoms with Crippen molar-refractivity contribution in [2.45, 2.75) is 63.6 Å². The van der Waals surface area contributed by atoms with Gasteiger partial charge in [0.2, 0.25) is 0 Å². The van der Waals surface area contributed by atoms with Crippen LogP contribution in [0.4, 0.5) is 5.69 Å². The number of hydrogen-bond donors (Lipinski definition) is 2. The molecular formula is C27H35N3O2. The van der Waals surface area contributed by atoms with Gasteiger partial charge in [-0.15, -0.1) is 0 Å². The monoisotopic (exact) mass is 433 g/mol. The van der Waals surface area contributed by atoms with Gasteiger partial charge < -0.3 is 15.3 Å². The number of hydrogen-bond acceptors (Lipinski definition) is 4. The zero-order chi connectivity index (χ0) is 21.9. The summed E-state index contributed by atoms with van der Waals surface area (Å²) in [4.78, 5) is 17.2. The molecule has 1 fully saturated rings. The molecule has 1 aliphatic carbocycles. The normalized spacial score (nSPS) is 20.5. The van der Waals surface area contributed by atoms with Crippen LogP contribution in [0.5, 0.6) is 0 Å². The van der Waals surface area contributed by atoms with Gasteiger partial charge in [0.05, 0.1) is 6.10 Å². The second kappa shape index (κ2) is 9.63. The van der Waals surface area contributed by atoms with E-state index in [1.54, 1.807) is 0 Å². The molecule has 2 heterocycles. The first-order valence-corrected chi connectivity index (χ1v) is 12.3. The van der Waals surface area contributed by atoms with Crippen molar-refractivity contribution in [1.82, 2.24) is 9.80 Å². The Labute approximate surface area is 191 Å². The van der Waals surface area contributed by atoms with E-state index in [4.69, 9.17) is 0 Å². The average Bonchev–Trinajstić information content (AvgIpc) is 2.81. The molecular weight excluding hydrogens is 398 g/mol. The van der Waals surface area contributed by atoms with Gasteiger partial charge in [-0.3, -0.25) is 9.69 Å². The Kier molecular flexibility index (Phi) is 6.47. The van der Waals surface area contributed by atoms with Crippen molar-refractivity contribution in [2.24, 2.45) is 0 Å². The van der Waals surface area contributed by atoms with Crippen molar-refractivity contribution in [3.05, 3.63) is 64.7 Å². The van der Waals surface area contributed by atoms with E-state index in [1.165, 1.54) is 43.2 Å². The third-order valence-corrected chi connectivity index (χ3v) is 7.36. The van der Waals surface area contributed by atoms with Crippen molar-refractivity contribution < 1.29 is 9.90 Å². The maximum atomic E-state index is 13.1. The summed E-state index contributed by atoms with van der Waals surface area (Å²) in [5, 5.41) is 14.4. The summed E-state index contributed by atoms with van der Waals surface area (Å²) in [7, 11) is 0. The van der Waals surface area contributed by atoms with Crippen LogP contribution in [0, 0.1) is 0 Å². The molecule has 5 nitrogen and oxygen atoms in total. The number of β-amino-alcohol motifs (C(OH)–C–C–N with tert-alkyl or cyclic N) is 1. The molecule has 5 rings (SSSR count). The SMILES string of the molecule is O=C1c2ccc(NC3CCCCC3)cc2CCN1CC(O)CN1CCc2ccccc2C1. The predicted molar refractivity (Wildman–Crippen MR) is 128 cm³/mol. The van der Waals surface area contributed by atoms with Gasteiger partial charge in [0.15, 0.2) is 0 Å². The lowest BCUT2D eigenvalue weighted by molar-refractivity contribution is 0.0493. The zero-order valence-corrected chi connectivity index (χ0v) is 18.9. The van der Waals surface area contributed by atoms with E-state index in [0.29, 0.717) is 25.7 Å². The van der Waals surface area contributed by atoms with Crippen molar-refractivity contribution in [1.29, 1.82) is 0 Å². The van der Waals surface area contributed by atoms with Crippen LogP contribution in [0.15, 0.2) is 42.5 Å². The molecule has 1 atom stereocenters. The summed E-state index contributed by atoms with van der Waals surface area (Å²) in [5.74, 6) is 0.0542. The molecule has 0 bridgehead atoms. The highest BCUT2D eigenvalue weighted by Crippen LogP contribution is 2.26. The minimum absolute atomic E-state index is 0.0542. The van der Waals surface area contributed by atoms with Crippen LogP contribution < -0.4 is 5.32 Å². The Morgan fingerprint density at radius 3 is 2.56 bits per heavy atom. The standard InChI is InChI=1S/C27H35N3O2/c31-25(18-29-14-12-20-6-4-5-7-22(20)17-29)19-30-15-13-21-16-24(10-11-26(21)27(30)32)28-23-8-2-1-3-9-23/h4-7,10-11,16,23,25,28,31H,1-3,8-9,12-15,17-19H2. The van der Waals surface area contributed by atoms with Crippen LogP contribution in [0.2, 0.25) is 0 Å². The molecule has 5 heteroatoms. The van der Waals surface area contributed by atoms with E-state index >= 15 is 0 Å². The first-order valence-electron chi connectivity index (χ1n) is 12.3. The molecule has 1 amide bonds. The molecule has 2 aromatic carbocycles. The Balaban J connectivity index is 1.16. The van der Waals surface area contributed by atoms with Gasteiger partial charge in [-0.1, -0.05) is 43.5 Å². The maximum absolute atomic E-state index is 13.1. The van der Waals surface area contributed by atoms with E-state index in [1.807, 2.05) is 11.0 Å².